The van der Waals surface area contributed by atoms with Gasteiger partial charge in [0.05, 0.1) is 0 Å². The molecule has 0 heterocycles. The first-order chi connectivity index (χ1) is 5.57. The Kier molecular flexibility index (Phi) is 6.45. The number of ether oxygens (including phenoxy) is 1. The highest BCUT2D eigenvalue weighted by atomic mass is 16.5. The lowest BCUT2D eigenvalue weighted by Gasteiger charge is -2.20. The van der Waals surface area contributed by atoms with Gasteiger partial charge in [-0.1, -0.05) is 34.1 Å². The van der Waals surface area contributed by atoms with E-state index in [1.807, 2.05) is 0 Å². The van der Waals surface area contributed by atoms with Crippen LogP contribution in [0.15, 0.2) is 0 Å². The maximum Gasteiger partial charge on any atom is 0.0492 e. The molecule has 1 heteroatoms. The fraction of sp³-hybridized carbons (Fsp3) is 1.00. The first-order valence-corrected chi connectivity index (χ1v) is 5.06. The number of hydrogen-bond acceptors (Lipinski definition) is 1. The minimum absolute atomic E-state index is 0.748. The number of rotatable bonds is 6. The van der Waals surface area contributed by atoms with Gasteiger partial charge in [-0.3, -0.25) is 0 Å². The molecule has 0 saturated carbocycles. The molecule has 0 aromatic rings. The van der Waals surface area contributed by atoms with Gasteiger partial charge in [0.1, 0.15) is 0 Å². The van der Waals surface area contributed by atoms with E-state index in [1.54, 1.807) is 7.11 Å². The summed E-state index contributed by atoms with van der Waals surface area (Å²) in [4.78, 5) is 0. The van der Waals surface area contributed by atoms with Crippen molar-refractivity contribution in [2.45, 2.75) is 40.5 Å². The molecule has 0 aliphatic heterocycles. The zero-order valence-corrected chi connectivity index (χ0v) is 9.26. The third-order valence-corrected chi connectivity index (χ3v) is 2.44. The van der Waals surface area contributed by atoms with Crippen LogP contribution in [0.4, 0.5) is 0 Å². The average molecular weight is 172 g/mol. The summed E-state index contributed by atoms with van der Waals surface area (Å²) in [6.07, 6.45) is 2.63. The molecular weight excluding hydrogens is 148 g/mol. The molecule has 0 aromatic carbocycles. The molecule has 0 amide bonds. The average Bonchev–Trinajstić information content (AvgIpc) is 1.96. The SMILES string of the molecule is COCC(CCC(C)C)C(C)C. The lowest BCUT2D eigenvalue weighted by atomic mass is 9.89. The molecule has 1 unspecified atom stereocenters. The molecule has 0 aromatic heterocycles. The third-order valence-electron chi connectivity index (χ3n) is 2.44. The molecule has 0 bridgehead atoms. The Morgan fingerprint density at radius 2 is 1.58 bits per heavy atom. The molecule has 0 saturated heterocycles. The van der Waals surface area contributed by atoms with Crippen LogP contribution in [0.25, 0.3) is 0 Å². The van der Waals surface area contributed by atoms with Crippen molar-refractivity contribution in [1.82, 2.24) is 0 Å². The Morgan fingerprint density at radius 1 is 1.00 bits per heavy atom. The first-order valence-electron chi connectivity index (χ1n) is 5.06. The highest BCUT2D eigenvalue weighted by Crippen LogP contribution is 2.19. The first kappa shape index (κ1) is 12.0. The molecule has 0 rings (SSSR count). The second kappa shape index (κ2) is 6.47. The molecule has 0 fully saturated rings. The van der Waals surface area contributed by atoms with Crippen LogP contribution < -0.4 is 0 Å². The predicted octanol–water partition coefficient (Wildman–Crippen LogP) is 3.34. The number of methoxy groups -OCH3 is 1. The van der Waals surface area contributed by atoms with E-state index in [4.69, 9.17) is 4.74 Å². The third kappa shape index (κ3) is 5.59. The largest absolute Gasteiger partial charge is 0.384 e. The van der Waals surface area contributed by atoms with Crippen molar-refractivity contribution >= 4 is 0 Å². The maximum absolute atomic E-state index is 5.20. The van der Waals surface area contributed by atoms with Crippen LogP contribution in [-0.2, 0) is 4.74 Å². The highest BCUT2D eigenvalue weighted by molar-refractivity contribution is 4.63. The van der Waals surface area contributed by atoms with E-state index in [9.17, 15) is 0 Å². The maximum atomic E-state index is 5.20. The Hall–Kier alpha value is -0.0400. The van der Waals surface area contributed by atoms with Gasteiger partial charge in [-0.05, 0) is 24.2 Å². The zero-order valence-electron chi connectivity index (χ0n) is 9.26. The Labute approximate surface area is 77.5 Å². The van der Waals surface area contributed by atoms with Gasteiger partial charge in [-0.15, -0.1) is 0 Å². The summed E-state index contributed by atoms with van der Waals surface area (Å²) in [7, 11) is 1.80. The van der Waals surface area contributed by atoms with Gasteiger partial charge in [-0.25, -0.2) is 0 Å². The predicted molar refractivity (Wildman–Crippen MR) is 54.3 cm³/mol. The van der Waals surface area contributed by atoms with E-state index < -0.39 is 0 Å². The van der Waals surface area contributed by atoms with Crippen LogP contribution in [-0.4, -0.2) is 13.7 Å². The van der Waals surface area contributed by atoms with Crippen molar-refractivity contribution in [1.29, 1.82) is 0 Å². The molecule has 1 nitrogen and oxygen atoms in total. The lowest BCUT2D eigenvalue weighted by Crippen LogP contribution is -2.15. The van der Waals surface area contributed by atoms with Gasteiger partial charge in [0.25, 0.3) is 0 Å². The van der Waals surface area contributed by atoms with Crippen molar-refractivity contribution in [3.8, 4) is 0 Å². The summed E-state index contributed by atoms with van der Waals surface area (Å²) < 4.78 is 5.20. The van der Waals surface area contributed by atoms with Crippen molar-refractivity contribution in [2.75, 3.05) is 13.7 Å². The van der Waals surface area contributed by atoms with Gasteiger partial charge in [0.15, 0.2) is 0 Å². The summed E-state index contributed by atoms with van der Waals surface area (Å²) in [5.41, 5.74) is 0. The van der Waals surface area contributed by atoms with Gasteiger partial charge in [-0.2, -0.15) is 0 Å². The highest BCUT2D eigenvalue weighted by Gasteiger charge is 2.13. The van der Waals surface area contributed by atoms with Crippen molar-refractivity contribution < 1.29 is 4.74 Å². The molecular formula is C11H24O. The summed E-state index contributed by atoms with van der Waals surface area (Å²) in [5, 5.41) is 0. The summed E-state index contributed by atoms with van der Waals surface area (Å²) in [6, 6.07) is 0. The van der Waals surface area contributed by atoms with Crippen molar-refractivity contribution in [3.63, 3.8) is 0 Å². The summed E-state index contributed by atoms with van der Waals surface area (Å²) in [5.74, 6) is 2.32. The Morgan fingerprint density at radius 3 is 1.92 bits per heavy atom. The fourth-order valence-corrected chi connectivity index (χ4v) is 1.37. The summed E-state index contributed by atoms with van der Waals surface area (Å²) in [6.45, 7) is 10.0. The minimum atomic E-state index is 0.748. The molecule has 0 aliphatic rings. The Balaban J connectivity index is 3.63. The summed E-state index contributed by atoms with van der Waals surface area (Å²) >= 11 is 0. The molecule has 74 valence electrons. The van der Waals surface area contributed by atoms with E-state index in [0.29, 0.717) is 0 Å². The molecule has 0 N–H and O–H groups in total. The normalized spacial score (nSPS) is 14.2. The molecule has 0 spiro atoms. The van der Waals surface area contributed by atoms with Gasteiger partial charge >= 0.3 is 0 Å². The van der Waals surface area contributed by atoms with Crippen molar-refractivity contribution in [2.24, 2.45) is 17.8 Å². The van der Waals surface area contributed by atoms with E-state index in [-0.39, 0.29) is 0 Å². The van der Waals surface area contributed by atoms with Crippen LogP contribution in [0.2, 0.25) is 0 Å². The van der Waals surface area contributed by atoms with Crippen LogP contribution in [0.1, 0.15) is 40.5 Å². The van der Waals surface area contributed by atoms with E-state index in [1.165, 1.54) is 12.8 Å². The van der Waals surface area contributed by atoms with Crippen LogP contribution in [0, 0.1) is 17.8 Å². The monoisotopic (exact) mass is 172 g/mol. The van der Waals surface area contributed by atoms with E-state index in [0.717, 1.165) is 24.4 Å². The van der Waals surface area contributed by atoms with E-state index >= 15 is 0 Å². The molecule has 0 radical (unpaired) electrons. The van der Waals surface area contributed by atoms with Crippen LogP contribution >= 0.6 is 0 Å². The van der Waals surface area contributed by atoms with Gasteiger partial charge < -0.3 is 4.74 Å². The lowest BCUT2D eigenvalue weighted by molar-refractivity contribution is 0.120. The molecule has 1 atom stereocenters. The zero-order chi connectivity index (χ0) is 9.56. The second-order valence-electron chi connectivity index (χ2n) is 4.43. The standard InChI is InChI=1S/C11H24O/c1-9(2)6-7-11(8-12-5)10(3)4/h9-11H,6-8H2,1-5H3. The van der Waals surface area contributed by atoms with Crippen LogP contribution in [0.3, 0.4) is 0 Å². The second-order valence-corrected chi connectivity index (χ2v) is 4.43. The molecule has 12 heavy (non-hydrogen) atoms. The topological polar surface area (TPSA) is 9.23 Å². The Bertz CT molecular complexity index is 97.2. The fourth-order valence-electron chi connectivity index (χ4n) is 1.37. The minimum Gasteiger partial charge on any atom is -0.384 e. The molecule has 0 aliphatic carbocycles. The van der Waals surface area contributed by atoms with Crippen LogP contribution in [0.5, 0.6) is 0 Å². The van der Waals surface area contributed by atoms with Gasteiger partial charge in [0.2, 0.25) is 0 Å². The van der Waals surface area contributed by atoms with Gasteiger partial charge in [0, 0.05) is 13.7 Å². The quantitative estimate of drug-likeness (QED) is 0.597. The smallest absolute Gasteiger partial charge is 0.0492 e. The number of hydrogen-bond donors (Lipinski definition) is 0. The van der Waals surface area contributed by atoms with Crippen molar-refractivity contribution in [3.05, 3.63) is 0 Å². The van der Waals surface area contributed by atoms with E-state index in [2.05, 4.69) is 27.7 Å².